The van der Waals surface area contributed by atoms with Crippen molar-refractivity contribution in [2.75, 3.05) is 11.9 Å². The van der Waals surface area contributed by atoms with Crippen molar-refractivity contribution < 1.29 is 9.53 Å². The first-order valence-corrected chi connectivity index (χ1v) is 7.17. The summed E-state index contributed by atoms with van der Waals surface area (Å²) < 4.78 is 10.2. The molecule has 0 aliphatic rings. The van der Waals surface area contributed by atoms with E-state index in [1.165, 1.54) is 0 Å². The van der Waals surface area contributed by atoms with Gasteiger partial charge in [0.1, 0.15) is 13.4 Å². The van der Waals surface area contributed by atoms with Gasteiger partial charge in [-0.2, -0.15) is 15.3 Å². The number of amides is 1. The first-order valence-electron chi connectivity index (χ1n) is 7.17. The van der Waals surface area contributed by atoms with Crippen LogP contribution in [0.25, 0.3) is 0 Å². The van der Waals surface area contributed by atoms with E-state index in [4.69, 9.17) is 4.74 Å². The van der Waals surface area contributed by atoms with E-state index >= 15 is 0 Å². The normalized spacial score (nSPS) is 10.8. The van der Waals surface area contributed by atoms with E-state index in [0.717, 1.165) is 0 Å². The summed E-state index contributed by atoms with van der Waals surface area (Å²) in [7, 11) is 0. The molecule has 0 aliphatic heterocycles. The molecule has 0 aliphatic carbocycles. The van der Waals surface area contributed by atoms with Crippen LogP contribution in [0.4, 0.5) is 5.69 Å². The number of anilines is 1. The molecule has 3 rings (SSSR count). The summed E-state index contributed by atoms with van der Waals surface area (Å²) in [5.41, 5.74) is 0.922. The molecule has 23 heavy (non-hydrogen) atoms. The molecule has 9 heteroatoms. The molecule has 0 saturated heterocycles. The highest BCUT2D eigenvalue weighted by molar-refractivity contribution is 6.02. The van der Waals surface area contributed by atoms with Gasteiger partial charge in [-0.25, -0.2) is 4.68 Å². The Balaban J connectivity index is 1.60. The van der Waals surface area contributed by atoms with E-state index < -0.39 is 0 Å². The second-order valence-corrected chi connectivity index (χ2v) is 4.77. The molecule has 3 aromatic heterocycles. The predicted octanol–water partition coefficient (Wildman–Crippen LogP) is 1.03. The fourth-order valence-corrected chi connectivity index (χ4v) is 1.97. The number of nitrogens with one attached hydrogen (secondary N) is 1. The summed E-state index contributed by atoms with van der Waals surface area (Å²) in [6, 6.07) is 3.49. The summed E-state index contributed by atoms with van der Waals surface area (Å²) >= 11 is 0. The Morgan fingerprint density at radius 3 is 2.96 bits per heavy atom. The summed E-state index contributed by atoms with van der Waals surface area (Å²) in [5.74, 6) is -0.292. The van der Waals surface area contributed by atoms with E-state index in [-0.39, 0.29) is 5.91 Å². The van der Waals surface area contributed by atoms with Crippen molar-refractivity contribution in [2.45, 2.75) is 20.3 Å². The smallest absolute Gasteiger partial charge is 0.276 e. The van der Waals surface area contributed by atoms with Crippen LogP contribution in [0.1, 0.15) is 17.4 Å². The van der Waals surface area contributed by atoms with E-state index in [1.807, 2.05) is 19.2 Å². The van der Waals surface area contributed by atoms with Gasteiger partial charge < -0.3 is 10.1 Å². The summed E-state index contributed by atoms with van der Waals surface area (Å²) in [6.45, 7) is 3.32. The third-order valence-electron chi connectivity index (χ3n) is 3.04. The molecule has 0 bridgehead atoms. The molecule has 0 aromatic carbocycles. The molecule has 0 fully saturated rings. The van der Waals surface area contributed by atoms with Crippen LogP contribution >= 0.6 is 0 Å². The van der Waals surface area contributed by atoms with E-state index in [1.54, 1.807) is 44.9 Å². The Labute approximate surface area is 132 Å². The molecule has 3 heterocycles. The third kappa shape index (κ3) is 3.83. The second-order valence-electron chi connectivity index (χ2n) is 4.77. The number of carbonyl (C=O) groups excluding carboxylic acids is 1. The van der Waals surface area contributed by atoms with Gasteiger partial charge in [-0.15, -0.1) is 0 Å². The van der Waals surface area contributed by atoms with Crippen molar-refractivity contribution in [3.05, 3.63) is 48.8 Å². The topological polar surface area (TPSA) is 91.8 Å². The molecule has 120 valence electrons. The van der Waals surface area contributed by atoms with Gasteiger partial charge in [0, 0.05) is 25.2 Å². The fraction of sp³-hybridized carbons (Fsp3) is 0.286. The summed E-state index contributed by atoms with van der Waals surface area (Å²) in [6.07, 6.45) is 8.52. The number of nitrogens with zero attached hydrogens (tertiary/aromatic N) is 6. The first-order chi connectivity index (χ1) is 11.2. The van der Waals surface area contributed by atoms with Crippen LogP contribution in [0.5, 0.6) is 0 Å². The van der Waals surface area contributed by atoms with Gasteiger partial charge in [-0.05, 0) is 19.1 Å². The zero-order chi connectivity index (χ0) is 16.1. The number of hydrogen-bond donors (Lipinski definition) is 1. The van der Waals surface area contributed by atoms with Crippen LogP contribution in [0.15, 0.2) is 43.1 Å². The van der Waals surface area contributed by atoms with Gasteiger partial charge in [-0.1, -0.05) is 0 Å². The van der Waals surface area contributed by atoms with Crippen molar-refractivity contribution in [3.63, 3.8) is 0 Å². The quantitative estimate of drug-likeness (QED) is 0.703. The number of carbonyl (C=O) groups is 1. The summed E-state index contributed by atoms with van der Waals surface area (Å²) in [4.78, 5) is 12.2. The minimum atomic E-state index is -0.292. The molecule has 1 amide bonds. The van der Waals surface area contributed by atoms with Crippen LogP contribution in [0.3, 0.4) is 0 Å². The Morgan fingerprint density at radius 1 is 1.26 bits per heavy atom. The summed E-state index contributed by atoms with van der Waals surface area (Å²) in [5, 5.41) is 15.2. The standard InChI is InChI=1S/C14H17N7O2/c1-2-23-11-21-9-12(8-16-21)17-14(22)13-4-7-20(18-13)10-19-6-3-5-15-19/h3-9H,2,10-11H2,1H3,(H,17,22). The highest BCUT2D eigenvalue weighted by Gasteiger charge is 2.11. The van der Waals surface area contributed by atoms with E-state index in [2.05, 4.69) is 20.6 Å². The minimum absolute atomic E-state index is 0.292. The van der Waals surface area contributed by atoms with E-state index in [9.17, 15) is 4.79 Å². The van der Waals surface area contributed by atoms with Crippen molar-refractivity contribution in [1.29, 1.82) is 0 Å². The molecular weight excluding hydrogens is 298 g/mol. The van der Waals surface area contributed by atoms with Crippen molar-refractivity contribution in [2.24, 2.45) is 0 Å². The Kier molecular flexibility index (Phi) is 4.48. The minimum Gasteiger partial charge on any atom is -0.360 e. The zero-order valence-electron chi connectivity index (χ0n) is 12.7. The molecule has 0 saturated carbocycles. The molecule has 1 N–H and O–H groups in total. The third-order valence-corrected chi connectivity index (χ3v) is 3.04. The predicted molar refractivity (Wildman–Crippen MR) is 81.7 cm³/mol. The fourth-order valence-electron chi connectivity index (χ4n) is 1.97. The lowest BCUT2D eigenvalue weighted by molar-refractivity contribution is 0.0792. The maximum Gasteiger partial charge on any atom is 0.276 e. The lowest BCUT2D eigenvalue weighted by Gasteiger charge is -2.02. The SMILES string of the molecule is CCOCn1cc(NC(=O)c2ccn(Cn3cccn3)n2)cn1. The van der Waals surface area contributed by atoms with Crippen LogP contribution in [0, 0.1) is 0 Å². The van der Waals surface area contributed by atoms with E-state index in [0.29, 0.717) is 31.4 Å². The Bertz CT molecular complexity index is 760. The van der Waals surface area contributed by atoms with Crippen LogP contribution in [0.2, 0.25) is 0 Å². The van der Waals surface area contributed by atoms with Crippen LogP contribution in [-0.2, 0) is 18.1 Å². The molecule has 9 nitrogen and oxygen atoms in total. The number of aromatic nitrogens is 6. The Morgan fingerprint density at radius 2 is 2.17 bits per heavy atom. The zero-order valence-corrected chi connectivity index (χ0v) is 12.7. The largest absolute Gasteiger partial charge is 0.360 e. The van der Waals surface area contributed by atoms with Gasteiger partial charge in [0.05, 0.1) is 18.1 Å². The Hall–Kier alpha value is -2.94. The maximum absolute atomic E-state index is 12.2. The molecular formula is C14H17N7O2. The average Bonchev–Trinajstić information content (AvgIpc) is 3.27. The number of ether oxygens (including phenoxy) is 1. The van der Waals surface area contributed by atoms with Crippen molar-refractivity contribution in [3.8, 4) is 0 Å². The lowest BCUT2D eigenvalue weighted by Crippen LogP contribution is -2.14. The van der Waals surface area contributed by atoms with Crippen molar-refractivity contribution in [1.82, 2.24) is 29.3 Å². The molecule has 3 aromatic rings. The lowest BCUT2D eigenvalue weighted by atomic mass is 10.4. The van der Waals surface area contributed by atoms with Gasteiger partial charge in [0.15, 0.2) is 5.69 Å². The number of hydrogen-bond acceptors (Lipinski definition) is 5. The van der Waals surface area contributed by atoms with Gasteiger partial charge in [0.2, 0.25) is 0 Å². The number of rotatable bonds is 7. The molecule has 0 atom stereocenters. The second kappa shape index (κ2) is 6.88. The first kappa shape index (κ1) is 15.0. The molecule has 0 radical (unpaired) electrons. The highest BCUT2D eigenvalue weighted by atomic mass is 16.5. The van der Waals surface area contributed by atoms with Crippen molar-refractivity contribution >= 4 is 11.6 Å². The van der Waals surface area contributed by atoms with Crippen LogP contribution < -0.4 is 5.32 Å². The maximum atomic E-state index is 12.2. The molecule has 0 unspecified atom stereocenters. The van der Waals surface area contributed by atoms with Gasteiger partial charge in [-0.3, -0.25) is 14.2 Å². The average molecular weight is 315 g/mol. The highest BCUT2D eigenvalue weighted by Crippen LogP contribution is 2.07. The molecule has 0 spiro atoms. The van der Waals surface area contributed by atoms with Crippen LogP contribution in [-0.4, -0.2) is 41.9 Å². The monoisotopic (exact) mass is 315 g/mol. The van der Waals surface area contributed by atoms with Gasteiger partial charge >= 0.3 is 0 Å². The van der Waals surface area contributed by atoms with Gasteiger partial charge in [0.25, 0.3) is 5.91 Å².